The number of aryl methyl sites for hydroxylation is 1. The number of aromatic amines is 1. The Labute approximate surface area is 124 Å². The molecule has 0 aliphatic heterocycles. The predicted molar refractivity (Wildman–Crippen MR) is 81.5 cm³/mol. The van der Waals surface area contributed by atoms with Crippen molar-refractivity contribution < 1.29 is 0 Å². The highest BCUT2D eigenvalue weighted by Crippen LogP contribution is 2.26. The van der Waals surface area contributed by atoms with Crippen LogP contribution >= 0.6 is 0 Å². The lowest BCUT2D eigenvalue weighted by molar-refractivity contribution is 0.262. The molecule has 1 atom stereocenters. The van der Waals surface area contributed by atoms with E-state index >= 15 is 0 Å². The Balaban J connectivity index is 1.88. The van der Waals surface area contributed by atoms with Gasteiger partial charge < -0.3 is 4.98 Å². The Hall–Kier alpha value is -2.40. The first-order valence-corrected chi connectivity index (χ1v) is 6.96. The number of hydrogen-bond donors (Lipinski definition) is 1. The topological polar surface area (TPSA) is 49.7 Å². The Kier molecular flexibility index (Phi) is 3.83. The average molecular weight is 281 g/mol. The first-order valence-electron chi connectivity index (χ1n) is 6.96. The third-order valence-electron chi connectivity index (χ3n) is 3.52. The van der Waals surface area contributed by atoms with E-state index < -0.39 is 0 Å². The van der Waals surface area contributed by atoms with E-state index in [0.29, 0.717) is 0 Å². The van der Waals surface area contributed by atoms with Crippen LogP contribution in [0.15, 0.2) is 55.1 Å². The molecule has 3 rings (SSSR count). The van der Waals surface area contributed by atoms with Gasteiger partial charge in [0.1, 0.15) is 5.82 Å². The molecule has 1 N–H and O–H groups in total. The monoisotopic (exact) mass is 281 g/mol. The fourth-order valence-electron chi connectivity index (χ4n) is 2.62. The van der Waals surface area contributed by atoms with Gasteiger partial charge in [-0.25, -0.2) is 4.98 Å². The fraction of sp³-hybridized carbons (Fsp3) is 0.250. The molecular weight excluding hydrogens is 262 g/mol. The summed E-state index contributed by atoms with van der Waals surface area (Å²) >= 11 is 0. The first-order chi connectivity index (χ1) is 10.2. The molecule has 1 aromatic carbocycles. The van der Waals surface area contributed by atoms with Gasteiger partial charge in [0, 0.05) is 37.7 Å². The van der Waals surface area contributed by atoms with Gasteiger partial charge >= 0.3 is 0 Å². The van der Waals surface area contributed by atoms with Gasteiger partial charge in [-0.15, -0.1) is 0 Å². The van der Waals surface area contributed by atoms with Crippen molar-refractivity contribution in [1.82, 2.24) is 24.6 Å². The Morgan fingerprint density at radius 3 is 2.71 bits per heavy atom. The lowest BCUT2D eigenvalue weighted by Crippen LogP contribution is -2.26. The van der Waals surface area contributed by atoms with E-state index in [1.54, 1.807) is 6.20 Å². The van der Waals surface area contributed by atoms with E-state index in [0.717, 1.165) is 12.4 Å². The number of aromatic nitrogens is 4. The van der Waals surface area contributed by atoms with Crippen molar-refractivity contribution in [3.63, 3.8) is 0 Å². The predicted octanol–water partition coefficient (Wildman–Crippen LogP) is 2.36. The largest absolute Gasteiger partial charge is 0.347 e. The van der Waals surface area contributed by atoms with Crippen LogP contribution in [-0.2, 0) is 13.6 Å². The number of imidazole rings is 1. The van der Waals surface area contributed by atoms with Crippen LogP contribution in [0.4, 0.5) is 0 Å². The molecule has 0 bridgehead atoms. The van der Waals surface area contributed by atoms with E-state index in [-0.39, 0.29) is 6.04 Å². The normalized spacial score (nSPS) is 12.7. The molecule has 5 heteroatoms. The number of benzene rings is 1. The molecule has 1 unspecified atom stereocenters. The van der Waals surface area contributed by atoms with Crippen LogP contribution in [0.3, 0.4) is 0 Å². The summed E-state index contributed by atoms with van der Waals surface area (Å²) in [5.74, 6) is 0.951. The van der Waals surface area contributed by atoms with E-state index in [4.69, 9.17) is 0 Å². The Morgan fingerprint density at radius 1 is 1.29 bits per heavy atom. The number of H-pyrrole nitrogens is 1. The van der Waals surface area contributed by atoms with Gasteiger partial charge in [0.2, 0.25) is 0 Å². The zero-order chi connectivity index (χ0) is 14.7. The van der Waals surface area contributed by atoms with Crippen molar-refractivity contribution in [2.45, 2.75) is 12.6 Å². The molecule has 2 aromatic heterocycles. The second-order valence-corrected chi connectivity index (χ2v) is 5.23. The van der Waals surface area contributed by atoms with Gasteiger partial charge in [-0.05, 0) is 12.6 Å². The lowest BCUT2D eigenvalue weighted by Gasteiger charge is -2.26. The quantitative estimate of drug-likeness (QED) is 0.781. The maximum absolute atomic E-state index is 4.44. The number of rotatable bonds is 5. The van der Waals surface area contributed by atoms with Gasteiger partial charge in [-0.1, -0.05) is 30.3 Å². The highest BCUT2D eigenvalue weighted by molar-refractivity contribution is 5.25. The molecule has 21 heavy (non-hydrogen) atoms. The maximum atomic E-state index is 4.44. The minimum absolute atomic E-state index is 0.0985. The van der Waals surface area contributed by atoms with Crippen LogP contribution < -0.4 is 0 Å². The Morgan fingerprint density at radius 2 is 2.10 bits per heavy atom. The van der Waals surface area contributed by atoms with Crippen molar-refractivity contribution in [3.05, 3.63) is 72.1 Å². The minimum Gasteiger partial charge on any atom is -0.347 e. The summed E-state index contributed by atoms with van der Waals surface area (Å²) in [5, 5.41) is 4.23. The SMILES string of the molecule is CN(Cc1cnn(C)c1)C(c1ccccc1)c1ncc[nH]1. The van der Waals surface area contributed by atoms with Crippen molar-refractivity contribution >= 4 is 0 Å². The van der Waals surface area contributed by atoms with Gasteiger partial charge in [-0.3, -0.25) is 9.58 Å². The highest BCUT2D eigenvalue weighted by atomic mass is 15.2. The zero-order valence-corrected chi connectivity index (χ0v) is 12.3. The summed E-state index contributed by atoms with van der Waals surface area (Å²) < 4.78 is 1.83. The minimum atomic E-state index is 0.0985. The molecule has 108 valence electrons. The van der Waals surface area contributed by atoms with Crippen LogP contribution in [0.2, 0.25) is 0 Å². The standard InChI is InChI=1S/C16H19N5/c1-20(11-13-10-19-21(2)12-13)15(16-17-8-9-18-16)14-6-4-3-5-7-14/h3-10,12,15H,11H2,1-2H3,(H,17,18). The van der Waals surface area contributed by atoms with Crippen molar-refractivity contribution in [1.29, 1.82) is 0 Å². The van der Waals surface area contributed by atoms with Gasteiger partial charge in [0.05, 0.1) is 12.2 Å². The molecule has 0 radical (unpaired) electrons. The summed E-state index contributed by atoms with van der Waals surface area (Å²) in [5.41, 5.74) is 2.41. The molecule has 5 nitrogen and oxygen atoms in total. The molecule has 0 aliphatic carbocycles. The second kappa shape index (κ2) is 5.93. The van der Waals surface area contributed by atoms with E-state index in [1.165, 1.54) is 11.1 Å². The zero-order valence-electron chi connectivity index (χ0n) is 12.3. The lowest BCUT2D eigenvalue weighted by atomic mass is 10.0. The molecule has 3 aromatic rings. The molecule has 0 saturated carbocycles. The molecule has 2 heterocycles. The van der Waals surface area contributed by atoms with Crippen LogP contribution in [0.5, 0.6) is 0 Å². The summed E-state index contributed by atoms with van der Waals surface area (Å²) in [4.78, 5) is 9.95. The summed E-state index contributed by atoms with van der Waals surface area (Å²) in [7, 11) is 4.04. The van der Waals surface area contributed by atoms with E-state index in [1.807, 2.05) is 36.4 Å². The number of hydrogen-bond acceptors (Lipinski definition) is 3. The van der Waals surface area contributed by atoms with E-state index in [9.17, 15) is 0 Å². The maximum Gasteiger partial charge on any atom is 0.128 e. The number of nitrogens with zero attached hydrogens (tertiary/aromatic N) is 4. The molecule has 0 aliphatic rings. The molecule has 0 spiro atoms. The highest BCUT2D eigenvalue weighted by Gasteiger charge is 2.21. The number of nitrogens with one attached hydrogen (secondary N) is 1. The van der Waals surface area contributed by atoms with Crippen LogP contribution in [0, 0.1) is 0 Å². The molecular formula is C16H19N5. The molecule has 0 amide bonds. The third kappa shape index (κ3) is 3.03. The van der Waals surface area contributed by atoms with Gasteiger partial charge in [0.25, 0.3) is 0 Å². The Bertz CT molecular complexity index is 672. The summed E-state index contributed by atoms with van der Waals surface area (Å²) in [6.45, 7) is 0.814. The van der Waals surface area contributed by atoms with Crippen LogP contribution in [0.1, 0.15) is 23.0 Å². The van der Waals surface area contributed by atoms with Crippen molar-refractivity contribution in [3.8, 4) is 0 Å². The smallest absolute Gasteiger partial charge is 0.128 e. The van der Waals surface area contributed by atoms with Crippen molar-refractivity contribution in [2.75, 3.05) is 7.05 Å². The fourth-order valence-corrected chi connectivity index (χ4v) is 2.62. The van der Waals surface area contributed by atoms with Crippen molar-refractivity contribution in [2.24, 2.45) is 7.05 Å². The summed E-state index contributed by atoms with van der Waals surface area (Å²) in [6, 6.07) is 10.5. The molecule has 0 saturated heterocycles. The van der Waals surface area contributed by atoms with E-state index in [2.05, 4.69) is 51.3 Å². The van der Waals surface area contributed by atoms with Gasteiger partial charge in [-0.2, -0.15) is 5.10 Å². The average Bonchev–Trinajstić information content (AvgIpc) is 3.13. The third-order valence-corrected chi connectivity index (χ3v) is 3.52. The first kappa shape index (κ1) is 13.6. The molecule has 0 fully saturated rings. The van der Waals surface area contributed by atoms with Gasteiger partial charge in [0.15, 0.2) is 0 Å². The van der Waals surface area contributed by atoms with Crippen LogP contribution in [-0.4, -0.2) is 31.7 Å². The second-order valence-electron chi connectivity index (χ2n) is 5.23. The summed E-state index contributed by atoms with van der Waals surface area (Å²) in [6.07, 6.45) is 7.60. The van der Waals surface area contributed by atoms with Crippen LogP contribution in [0.25, 0.3) is 0 Å².